The minimum atomic E-state index is -0.261. The molecule has 1 heterocycles. The lowest BCUT2D eigenvalue weighted by Crippen LogP contribution is -2.44. The maximum Gasteiger partial charge on any atom is 0.260 e. The summed E-state index contributed by atoms with van der Waals surface area (Å²) in [7, 11) is 3.57. The van der Waals surface area contributed by atoms with Crippen LogP contribution in [0, 0.1) is 0 Å². The number of hydrogen-bond donors (Lipinski definition) is 0. The second-order valence-corrected chi connectivity index (χ2v) is 8.69. The van der Waals surface area contributed by atoms with Crippen molar-refractivity contribution in [3.8, 4) is 5.75 Å². The summed E-state index contributed by atoms with van der Waals surface area (Å²) in [4.78, 5) is 29.8. The number of halogens is 1. The quantitative estimate of drug-likeness (QED) is 0.333. The van der Waals surface area contributed by atoms with Crippen molar-refractivity contribution in [3.63, 3.8) is 0 Å². The first-order valence-electron chi connectivity index (χ1n) is 11.5. The van der Waals surface area contributed by atoms with Crippen molar-refractivity contribution in [1.82, 2.24) is 14.4 Å². The Morgan fingerprint density at radius 3 is 2.31 bits per heavy atom. The van der Waals surface area contributed by atoms with Gasteiger partial charge in [-0.05, 0) is 48.4 Å². The lowest BCUT2D eigenvalue weighted by molar-refractivity contribution is -0.142. The summed E-state index contributed by atoms with van der Waals surface area (Å²) in [5.74, 6) is 0.149. The topological polar surface area (TPSA) is 64.0 Å². The molecule has 0 saturated carbocycles. The van der Waals surface area contributed by atoms with Crippen molar-refractivity contribution in [2.24, 2.45) is 7.05 Å². The molecule has 2 amide bonds. The maximum absolute atomic E-state index is 13.5. The van der Waals surface area contributed by atoms with Gasteiger partial charge in [-0.1, -0.05) is 41.9 Å². The van der Waals surface area contributed by atoms with E-state index in [2.05, 4.69) is 0 Å². The number of carbonyl (C=O) groups is 2. The predicted molar refractivity (Wildman–Crippen MR) is 136 cm³/mol. The van der Waals surface area contributed by atoms with Gasteiger partial charge in [0.25, 0.3) is 5.91 Å². The number of aromatic nitrogens is 1. The summed E-state index contributed by atoms with van der Waals surface area (Å²) in [6.45, 7) is 1.58. The van der Waals surface area contributed by atoms with Crippen LogP contribution in [0.1, 0.15) is 17.7 Å². The molecule has 0 radical (unpaired) electrons. The number of hydrogen-bond acceptors (Lipinski definition) is 4. The van der Waals surface area contributed by atoms with Gasteiger partial charge in [-0.25, -0.2) is 0 Å². The third-order valence-corrected chi connectivity index (χ3v) is 5.86. The maximum atomic E-state index is 13.5. The Labute approximate surface area is 211 Å². The molecule has 0 spiro atoms. The third kappa shape index (κ3) is 8.46. The summed E-state index contributed by atoms with van der Waals surface area (Å²) in [5.41, 5.74) is 2.04. The van der Waals surface area contributed by atoms with Crippen molar-refractivity contribution < 1.29 is 19.1 Å². The highest BCUT2D eigenvalue weighted by molar-refractivity contribution is 6.30. The van der Waals surface area contributed by atoms with E-state index in [1.807, 2.05) is 60.3 Å². The van der Waals surface area contributed by atoms with Crippen molar-refractivity contribution >= 4 is 23.4 Å². The summed E-state index contributed by atoms with van der Waals surface area (Å²) < 4.78 is 12.8. The van der Waals surface area contributed by atoms with E-state index in [0.29, 0.717) is 43.4 Å². The molecule has 1 aromatic heterocycles. The molecule has 0 saturated heterocycles. The number of amides is 2. The first-order valence-corrected chi connectivity index (χ1v) is 11.9. The largest absolute Gasteiger partial charge is 0.484 e. The van der Waals surface area contributed by atoms with Crippen LogP contribution in [-0.4, -0.2) is 59.6 Å². The smallest absolute Gasteiger partial charge is 0.260 e. The minimum Gasteiger partial charge on any atom is -0.484 e. The number of rotatable bonds is 13. The van der Waals surface area contributed by atoms with Crippen molar-refractivity contribution in [1.29, 1.82) is 0 Å². The Morgan fingerprint density at radius 2 is 1.66 bits per heavy atom. The molecule has 8 heteroatoms. The van der Waals surface area contributed by atoms with Gasteiger partial charge in [-0.3, -0.25) is 9.59 Å². The van der Waals surface area contributed by atoms with E-state index < -0.39 is 0 Å². The molecule has 0 unspecified atom stereocenters. The van der Waals surface area contributed by atoms with E-state index in [0.717, 1.165) is 11.3 Å². The number of benzene rings is 2. The monoisotopic (exact) mass is 497 g/mol. The zero-order chi connectivity index (χ0) is 25.0. The number of carbonyl (C=O) groups excluding carboxylic acids is 2. The predicted octanol–water partition coefficient (Wildman–Crippen LogP) is 4.15. The molecule has 7 nitrogen and oxygen atoms in total. The van der Waals surface area contributed by atoms with E-state index >= 15 is 0 Å². The van der Waals surface area contributed by atoms with Gasteiger partial charge in [0.2, 0.25) is 5.91 Å². The zero-order valence-electron chi connectivity index (χ0n) is 20.2. The molecule has 0 fully saturated rings. The molecule has 0 bridgehead atoms. The molecule has 3 rings (SSSR count). The highest BCUT2D eigenvalue weighted by atomic mass is 35.5. The van der Waals surface area contributed by atoms with E-state index in [9.17, 15) is 9.59 Å². The van der Waals surface area contributed by atoms with Crippen LogP contribution >= 0.6 is 11.6 Å². The van der Waals surface area contributed by atoms with Gasteiger partial charge in [0, 0.05) is 50.8 Å². The molecular formula is C27H32ClN3O4. The lowest BCUT2D eigenvalue weighted by Gasteiger charge is -2.28. The van der Waals surface area contributed by atoms with Gasteiger partial charge in [0.15, 0.2) is 6.61 Å². The zero-order valence-corrected chi connectivity index (χ0v) is 21.0. The minimum absolute atomic E-state index is 0.0379. The molecule has 35 heavy (non-hydrogen) atoms. The number of ether oxygens (including phenoxy) is 2. The average molecular weight is 498 g/mol. The fourth-order valence-corrected chi connectivity index (χ4v) is 3.74. The first kappa shape index (κ1) is 26.3. The Balaban J connectivity index is 1.71. The molecule has 0 N–H and O–H groups in total. The van der Waals surface area contributed by atoms with Gasteiger partial charge < -0.3 is 23.8 Å². The second kappa shape index (κ2) is 13.6. The van der Waals surface area contributed by atoms with Crippen molar-refractivity contribution in [2.45, 2.75) is 19.5 Å². The highest BCUT2D eigenvalue weighted by Crippen LogP contribution is 2.16. The summed E-state index contributed by atoms with van der Waals surface area (Å²) >= 11 is 5.91. The van der Waals surface area contributed by atoms with Crippen molar-refractivity contribution in [2.75, 3.05) is 33.4 Å². The first-order chi connectivity index (χ1) is 17.0. The van der Waals surface area contributed by atoms with Crippen LogP contribution in [0.2, 0.25) is 5.02 Å². The van der Waals surface area contributed by atoms with Crippen molar-refractivity contribution in [3.05, 3.63) is 89.2 Å². The number of methoxy groups -OCH3 is 1. The van der Waals surface area contributed by atoms with Gasteiger partial charge in [-0.15, -0.1) is 0 Å². The molecule has 0 aliphatic carbocycles. The SMILES string of the molecule is COCCCN(CC(=O)N(Cc1ccccc1)Cc1cccn1C)C(=O)COc1ccc(Cl)cc1. The van der Waals surface area contributed by atoms with Crippen LogP contribution in [-0.2, 0) is 34.5 Å². The van der Waals surface area contributed by atoms with Gasteiger partial charge >= 0.3 is 0 Å². The molecule has 0 aliphatic heterocycles. The Morgan fingerprint density at radius 1 is 0.914 bits per heavy atom. The number of nitrogens with zero attached hydrogens (tertiary/aromatic N) is 3. The Bertz CT molecular complexity index is 1070. The van der Waals surface area contributed by atoms with Crippen LogP contribution in [0.3, 0.4) is 0 Å². The van der Waals surface area contributed by atoms with Gasteiger partial charge in [0.1, 0.15) is 5.75 Å². The number of aryl methyl sites for hydroxylation is 1. The average Bonchev–Trinajstić information content (AvgIpc) is 3.27. The van der Waals surface area contributed by atoms with Gasteiger partial charge in [0.05, 0.1) is 13.1 Å². The van der Waals surface area contributed by atoms with E-state index in [4.69, 9.17) is 21.1 Å². The molecule has 0 atom stereocenters. The Kier molecular flexibility index (Phi) is 10.2. The van der Waals surface area contributed by atoms with E-state index in [1.165, 1.54) is 0 Å². The second-order valence-electron chi connectivity index (χ2n) is 8.25. The van der Waals surface area contributed by atoms with Crippen LogP contribution in [0.5, 0.6) is 5.75 Å². The molecular weight excluding hydrogens is 466 g/mol. The summed E-state index contributed by atoms with van der Waals surface area (Å²) in [6, 6.07) is 20.6. The summed E-state index contributed by atoms with van der Waals surface area (Å²) in [5, 5.41) is 0.590. The molecule has 3 aromatic rings. The van der Waals surface area contributed by atoms with Crippen LogP contribution in [0.4, 0.5) is 0 Å². The van der Waals surface area contributed by atoms with E-state index in [-0.39, 0.29) is 25.0 Å². The van der Waals surface area contributed by atoms with Crippen LogP contribution in [0.25, 0.3) is 0 Å². The Hall–Kier alpha value is -3.29. The fraction of sp³-hybridized carbons (Fsp3) is 0.333. The van der Waals surface area contributed by atoms with E-state index in [1.54, 1.807) is 41.2 Å². The standard InChI is InChI=1S/C27H32ClN3O4/c1-29-15-6-10-24(29)19-31(18-22-8-4-3-5-9-22)26(32)20-30(16-7-17-34-2)27(33)21-35-25-13-11-23(28)12-14-25/h3-6,8-15H,7,16-21H2,1-2H3. The highest BCUT2D eigenvalue weighted by Gasteiger charge is 2.22. The lowest BCUT2D eigenvalue weighted by atomic mass is 10.2. The third-order valence-electron chi connectivity index (χ3n) is 5.60. The van der Waals surface area contributed by atoms with Crippen LogP contribution in [0.15, 0.2) is 72.9 Å². The normalized spacial score (nSPS) is 10.7. The van der Waals surface area contributed by atoms with Crippen LogP contribution < -0.4 is 4.74 Å². The fourth-order valence-electron chi connectivity index (χ4n) is 3.61. The summed E-state index contributed by atoms with van der Waals surface area (Å²) in [6.07, 6.45) is 2.57. The molecule has 186 valence electrons. The molecule has 0 aliphatic rings. The van der Waals surface area contributed by atoms with Gasteiger partial charge in [-0.2, -0.15) is 0 Å². The molecule has 2 aromatic carbocycles.